The molecule has 0 amide bonds. The SMILES string of the molecule is C#CCOc1ccc(/C=C\[N+](=O)[O-])cc1. The molecule has 15 heavy (non-hydrogen) atoms. The Hall–Kier alpha value is -2.28. The summed E-state index contributed by atoms with van der Waals surface area (Å²) in [4.78, 5) is 9.54. The second kappa shape index (κ2) is 5.45. The van der Waals surface area contributed by atoms with Gasteiger partial charge in [-0.2, -0.15) is 0 Å². The first kappa shape index (κ1) is 10.8. The normalized spacial score (nSPS) is 9.80. The van der Waals surface area contributed by atoms with E-state index in [0.29, 0.717) is 5.75 Å². The lowest BCUT2D eigenvalue weighted by atomic mass is 10.2. The Bertz CT molecular complexity index is 401. The summed E-state index contributed by atoms with van der Waals surface area (Å²) in [5.41, 5.74) is 0.736. The van der Waals surface area contributed by atoms with Gasteiger partial charge in [0.25, 0.3) is 0 Å². The number of nitrogens with zero attached hydrogens (tertiary/aromatic N) is 1. The van der Waals surface area contributed by atoms with Crippen LogP contribution in [0.25, 0.3) is 6.08 Å². The zero-order valence-corrected chi connectivity index (χ0v) is 7.92. The van der Waals surface area contributed by atoms with Crippen LogP contribution in [-0.2, 0) is 0 Å². The largest absolute Gasteiger partial charge is 0.481 e. The topological polar surface area (TPSA) is 52.4 Å². The van der Waals surface area contributed by atoms with E-state index in [1.54, 1.807) is 24.3 Å². The Kier molecular flexibility index (Phi) is 3.92. The fraction of sp³-hybridized carbons (Fsp3) is 0.0909. The van der Waals surface area contributed by atoms with Crippen molar-refractivity contribution in [3.8, 4) is 18.1 Å². The molecule has 0 radical (unpaired) electrons. The first-order valence-electron chi connectivity index (χ1n) is 4.20. The van der Waals surface area contributed by atoms with Gasteiger partial charge in [-0.1, -0.05) is 18.1 Å². The van der Waals surface area contributed by atoms with Crippen molar-refractivity contribution in [3.05, 3.63) is 46.1 Å². The monoisotopic (exact) mass is 203 g/mol. The minimum absolute atomic E-state index is 0.212. The van der Waals surface area contributed by atoms with Crippen molar-refractivity contribution in [1.82, 2.24) is 0 Å². The highest BCUT2D eigenvalue weighted by atomic mass is 16.6. The Labute approximate surface area is 87.3 Å². The third kappa shape index (κ3) is 3.96. The maximum atomic E-state index is 10.1. The van der Waals surface area contributed by atoms with E-state index in [9.17, 15) is 10.1 Å². The summed E-state index contributed by atoms with van der Waals surface area (Å²) in [7, 11) is 0. The number of ether oxygens (including phenoxy) is 1. The van der Waals surface area contributed by atoms with E-state index in [-0.39, 0.29) is 6.61 Å². The van der Waals surface area contributed by atoms with Crippen LogP contribution in [0.4, 0.5) is 0 Å². The summed E-state index contributed by atoms with van der Waals surface area (Å²) in [6.45, 7) is 0.212. The molecule has 0 aromatic heterocycles. The van der Waals surface area contributed by atoms with Gasteiger partial charge in [-0.25, -0.2) is 0 Å². The Morgan fingerprint density at radius 3 is 2.67 bits per heavy atom. The number of hydrogen-bond acceptors (Lipinski definition) is 3. The molecule has 76 valence electrons. The van der Waals surface area contributed by atoms with E-state index >= 15 is 0 Å². The number of benzene rings is 1. The lowest BCUT2D eigenvalue weighted by Crippen LogP contribution is -1.92. The van der Waals surface area contributed by atoms with Crippen molar-refractivity contribution in [2.24, 2.45) is 0 Å². The molecule has 1 rings (SSSR count). The quantitative estimate of drug-likeness (QED) is 0.427. The third-order valence-corrected chi connectivity index (χ3v) is 1.59. The zero-order valence-electron chi connectivity index (χ0n) is 7.92. The highest BCUT2D eigenvalue weighted by Crippen LogP contribution is 2.12. The minimum Gasteiger partial charge on any atom is -0.481 e. The minimum atomic E-state index is -0.511. The molecule has 0 bridgehead atoms. The van der Waals surface area contributed by atoms with Crippen molar-refractivity contribution in [2.75, 3.05) is 6.61 Å². The van der Waals surface area contributed by atoms with Crippen LogP contribution in [0, 0.1) is 22.5 Å². The predicted octanol–water partition coefficient (Wildman–Crippen LogP) is 1.95. The van der Waals surface area contributed by atoms with E-state index in [1.165, 1.54) is 6.08 Å². The summed E-state index contributed by atoms with van der Waals surface area (Å²) < 4.78 is 5.14. The van der Waals surface area contributed by atoms with Gasteiger partial charge in [-0.3, -0.25) is 10.1 Å². The van der Waals surface area contributed by atoms with Gasteiger partial charge in [-0.05, 0) is 17.7 Å². The molecular weight excluding hydrogens is 194 g/mol. The second-order valence-electron chi connectivity index (χ2n) is 2.66. The van der Waals surface area contributed by atoms with Crippen LogP contribution in [-0.4, -0.2) is 11.5 Å². The van der Waals surface area contributed by atoms with Crippen LogP contribution >= 0.6 is 0 Å². The molecule has 0 spiro atoms. The molecule has 0 saturated heterocycles. The molecule has 1 aromatic carbocycles. The van der Waals surface area contributed by atoms with Gasteiger partial charge in [0.1, 0.15) is 12.4 Å². The molecule has 0 aliphatic carbocycles. The van der Waals surface area contributed by atoms with E-state index in [1.807, 2.05) is 0 Å². The van der Waals surface area contributed by atoms with Gasteiger partial charge in [-0.15, -0.1) is 6.42 Å². The smallest absolute Gasteiger partial charge is 0.235 e. The van der Waals surface area contributed by atoms with Crippen LogP contribution in [0.15, 0.2) is 30.5 Å². The van der Waals surface area contributed by atoms with Crippen molar-refractivity contribution in [3.63, 3.8) is 0 Å². The van der Waals surface area contributed by atoms with Crippen molar-refractivity contribution < 1.29 is 9.66 Å². The molecule has 0 fully saturated rings. The fourth-order valence-corrected chi connectivity index (χ4v) is 0.947. The summed E-state index contributed by atoms with van der Waals surface area (Å²) >= 11 is 0. The van der Waals surface area contributed by atoms with Gasteiger partial charge in [0.05, 0.1) is 4.92 Å². The molecule has 4 heteroatoms. The molecule has 0 unspecified atom stereocenters. The average molecular weight is 203 g/mol. The van der Waals surface area contributed by atoms with Gasteiger partial charge in [0.15, 0.2) is 0 Å². The van der Waals surface area contributed by atoms with Gasteiger partial charge in [0, 0.05) is 6.08 Å². The van der Waals surface area contributed by atoms with E-state index in [4.69, 9.17) is 11.2 Å². The first-order chi connectivity index (χ1) is 7.22. The molecule has 0 aliphatic heterocycles. The molecule has 0 atom stereocenters. The van der Waals surface area contributed by atoms with Gasteiger partial charge < -0.3 is 4.74 Å². The third-order valence-electron chi connectivity index (χ3n) is 1.59. The Morgan fingerprint density at radius 2 is 2.13 bits per heavy atom. The fourth-order valence-electron chi connectivity index (χ4n) is 0.947. The van der Waals surface area contributed by atoms with E-state index < -0.39 is 4.92 Å². The van der Waals surface area contributed by atoms with E-state index in [0.717, 1.165) is 11.8 Å². The molecule has 0 heterocycles. The lowest BCUT2D eigenvalue weighted by molar-refractivity contribution is -0.400. The molecule has 0 N–H and O–H groups in total. The first-order valence-corrected chi connectivity index (χ1v) is 4.20. The number of terminal acetylenes is 1. The highest BCUT2D eigenvalue weighted by Gasteiger charge is 1.93. The second-order valence-corrected chi connectivity index (χ2v) is 2.66. The van der Waals surface area contributed by atoms with Crippen LogP contribution in [0.3, 0.4) is 0 Å². The van der Waals surface area contributed by atoms with Crippen LogP contribution in [0.1, 0.15) is 5.56 Å². The standard InChI is InChI=1S/C11H9NO3/c1-2-9-15-11-5-3-10(4-6-11)7-8-12(13)14/h1,3-8H,9H2/b8-7-. The molecular formula is C11H9NO3. The van der Waals surface area contributed by atoms with Crippen molar-refractivity contribution in [2.45, 2.75) is 0 Å². The number of nitro groups is 1. The molecule has 4 nitrogen and oxygen atoms in total. The van der Waals surface area contributed by atoms with Crippen LogP contribution in [0.2, 0.25) is 0 Å². The van der Waals surface area contributed by atoms with Gasteiger partial charge >= 0.3 is 0 Å². The predicted molar refractivity (Wildman–Crippen MR) is 56.8 cm³/mol. The summed E-state index contributed by atoms with van der Waals surface area (Å²) in [6.07, 6.45) is 7.32. The average Bonchev–Trinajstić information content (AvgIpc) is 2.25. The number of hydrogen-bond donors (Lipinski definition) is 0. The summed E-state index contributed by atoms with van der Waals surface area (Å²) in [6, 6.07) is 6.84. The summed E-state index contributed by atoms with van der Waals surface area (Å²) in [5, 5.41) is 10.1. The maximum Gasteiger partial charge on any atom is 0.235 e. The molecule has 0 aliphatic rings. The highest BCUT2D eigenvalue weighted by molar-refractivity contribution is 5.49. The molecule has 0 saturated carbocycles. The lowest BCUT2D eigenvalue weighted by Gasteiger charge is -2.01. The van der Waals surface area contributed by atoms with Gasteiger partial charge in [0.2, 0.25) is 6.20 Å². The summed E-state index contributed by atoms with van der Waals surface area (Å²) in [5.74, 6) is 2.99. The number of rotatable bonds is 4. The van der Waals surface area contributed by atoms with Crippen molar-refractivity contribution >= 4 is 6.08 Å². The Morgan fingerprint density at radius 1 is 1.47 bits per heavy atom. The maximum absolute atomic E-state index is 10.1. The van der Waals surface area contributed by atoms with E-state index in [2.05, 4.69) is 5.92 Å². The van der Waals surface area contributed by atoms with Crippen molar-refractivity contribution in [1.29, 1.82) is 0 Å². The molecule has 1 aromatic rings. The Balaban J connectivity index is 2.64. The van der Waals surface area contributed by atoms with Crippen LogP contribution < -0.4 is 4.74 Å². The van der Waals surface area contributed by atoms with Crippen LogP contribution in [0.5, 0.6) is 5.75 Å². The zero-order chi connectivity index (χ0) is 11.1.